The summed E-state index contributed by atoms with van der Waals surface area (Å²) in [7, 11) is 0. The van der Waals surface area contributed by atoms with Gasteiger partial charge in [-0.05, 0) is 35.4 Å². The van der Waals surface area contributed by atoms with Gasteiger partial charge in [0.2, 0.25) is 11.8 Å². The molecule has 0 spiro atoms. The molecule has 3 amide bonds. The third kappa shape index (κ3) is 6.72. The minimum atomic E-state index is -0.175. The Labute approximate surface area is 211 Å². The number of rotatable bonds is 8. The van der Waals surface area contributed by atoms with Gasteiger partial charge >= 0.3 is 0 Å². The van der Waals surface area contributed by atoms with Crippen LogP contribution >= 0.6 is 0 Å². The molecular weight excluding hydrogens is 454 g/mol. The number of amides is 3. The van der Waals surface area contributed by atoms with Crippen molar-refractivity contribution in [3.05, 3.63) is 96.1 Å². The molecule has 7 heteroatoms. The molecule has 0 aromatic heterocycles. The molecule has 0 saturated carbocycles. The number of hydrogen-bond donors (Lipinski definition) is 0. The van der Waals surface area contributed by atoms with Crippen molar-refractivity contribution in [3.8, 4) is 5.75 Å². The molecule has 0 N–H and O–H groups in total. The van der Waals surface area contributed by atoms with Gasteiger partial charge < -0.3 is 19.4 Å². The number of hydrogen-bond acceptors (Lipinski definition) is 4. The molecule has 1 aliphatic rings. The van der Waals surface area contributed by atoms with Gasteiger partial charge in [0, 0.05) is 38.8 Å². The summed E-state index contributed by atoms with van der Waals surface area (Å²) in [4.78, 5) is 43.0. The van der Waals surface area contributed by atoms with Gasteiger partial charge in [0.25, 0.3) is 5.91 Å². The van der Waals surface area contributed by atoms with Crippen molar-refractivity contribution in [2.24, 2.45) is 0 Å². The highest BCUT2D eigenvalue weighted by Gasteiger charge is 2.23. The molecule has 36 heavy (non-hydrogen) atoms. The molecule has 3 aromatic carbocycles. The summed E-state index contributed by atoms with van der Waals surface area (Å²) in [6.07, 6.45) is 0.238. The van der Waals surface area contributed by atoms with E-state index in [2.05, 4.69) is 0 Å². The molecule has 7 nitrogen and oxygen atoms in total. The van der Waals surface area contributed by atoms with Gasteiger partial charge in [-0.3, -0.25) is 14.4 Å². The van der Waals surface area contributed by atoms with Crippen LogP contribution in [0, 0.1) is 0 Å². The van der Waals surface area contributed by atoms with Gasteiger partial charge in [0.05, 0.1) is 13.0 Å². The van der Waals surface area contributed by atoms with Crippen LogP contribution in [0.25, 0.3) is 0 Å². The third-order valence-electron chi connectivity index (χ3n) is 6.25. The van der Waals surface area contributed by atoms with Crippen LogP contribution in [0.1, 0.15) is 18.1 Å². The number of anilines is 1. The predicted molar refractivity (Wildman–Crippen MR) is 139 cm³/mol. The number of carbonyl (C=O) groups is 3. The molecule has 0 bridgehead atoms. The fourth-order valence-electron chi connectivity index (χ4n) is 4.22. The lowest BCUT2D eigenvalue weighted by molar-refractivity contribution is -0.138. The molecule has 1 saturated heterocycles. The molecular formula is C29H31N3O4. The zero-order valence-corrected chi connectivity index (χ0v) is 20.5. The number of nitrogens with zero attached hydrogens (tertiary/aromatic N) is 3. The quantitative estimate of drug-likeness (QED) is 0.490. The highest BCUT2D eigenvalue weighted by molar-refractivity contribution is 5.94. The Morgan fingerprint density at radius 2 is 1.39 bits per heavy atom. The first kappa shape index (κ1) is 25.0. The Kier molecular flexibility index (Phi) is 8.34. The maximum Gasteiger partial charge on any atom is 0.265 e. The number of benzene rings is 3. The molecule has 1 fully saturated rings. The van der Waals surface area contributed by atoms with Crippen molar-refractivity contribution >= 4 is 23.4 Å². The highest BCUT2D eigenvalue weighted by Crippen LogP contribution is 2.21. The van der Waals surface area contributed by atoms with E-state index in [0.29, 0.717) is 44.2 Å². The lowest BCUT2D eigenvalue weighted by Gasteiger charge is -2.34. The van der Waals surface area contributed by atoms with Crippen molar-refractivity contribution in [1.82, 2.24) is 9.80 Å². The molecule has 0 radical (unpaired) electrons. The highest BCUT2D eigenvalue weighted by atomic mass is 16.5. The van der Waals surface area contributed by atoms with Crippen LogP contribution in [0.4, 0.5) is 5.69 Å². The minimum absolute atomic E-state index is 0.0173. The van der Waals surface area contributed by atoms with Crippen LogP contribution in [0.15, 0.2) is 84.9 Å². The minimum Gasteiger partial charge on any atom is -0.484 e. The van der Waals surface area contributed by atoms with Crippen LogP contribution in [0.3, 0.4) is 0 Å². The Morgan fingerprint density at radius 1 is 0.778 bits per heavy atom. The van der Waals surface area contributed by atoms with E-state index < -0.39 is 0 Å². The Bertz CT molecular complexity index is 1180. The predicted octanol–water partition coefficient (Wildman–Crippen LogP) is 3.53. The van der Waals surface area contributed by atoms with Crippen molar-refractivity contribution < 1.29 is 19.1 Å². The van der Waals surface area contributed by atoms with Gasteiger partial charge in [-0.15, -0.1) is 0 Å². The fraction of sp³-hybridized carbons (Fsp3) is 0.276. The molecule has 1 heterocycles. The van der Waals surface area contributed by atoms with E-state index in [1.807, 2.05) is 84.9 Å². The summed E-state index contributed by atoms with van der Waals surface area (Å²) in [6, 6.07) is 26.6. The second-order valence-corrected chi connectivity index (χ2v) is 8.80. The smallest absolute Gasteiger partial charge is 0.265 e. The number of ether oxygens (including phenoxy) is 1. The first-order valence-electron chi connectivity index (χ1n) is 12.1. The van der Waals surface area contributed by atoms with E-state index >= 15 is 0 Å². The molecule has 0 unspecified atom stereocenters. The maximum absolute atomic E-state index is 13.3. The normalized spacial score (nSPS) is 13.2. The average molecular weight is 486 g/mol. The molecule has 3 aromatic rings. The average Bonchev–Trinajstić information content (AvgIpc) is 2.91. The topological polar surface area (TPSA) is 70.2 Å². The fourth-order valence-corrected chi connectivity index (χ4v) is 4.22. The van der Waals surface area contributed by atoms with Crippen LogP contribution in [0.2, 0.25) is 0 Å². The first-order valence-corrected chi connectivity index (χ1v) is 12.1. The summed E-state index contributed by atoms with van der Waals surface area (Å²) < 4.78 is 5.73. The van der Waals surface area contributed by atoms with Crippen LogP contribution in [-0.2, 0) is 27.3 Å². The zero-order chi connectivity index (χ0) is 25.3. The molecule has 1 aliphatic heterocycles. The second-order valence-electron chi connectivity index (χ2n) is 8.80. The van der Waals surface area contributed by atoms with Gasteiger partial charge in [-0.1, -0.05) is 60.7 Å². The SMILES string of the molecule is CC(=O)N1CCN(C(=O)Cc2cccc(N(Cc3ccccc3)C(=O)COc3ccccc3)c2)CC1. The van der Waals surface area contributed by atoms with Crippen molar-refractivity contribution in [2.45, 2.75) is 19.9 Å². The van der Waals surface area contributed by atoms with Crippen molar-refractivity contribution in [2.75, 3.05) is 37.7 Å². The molecule has 4 rings (SSSR count). The van der Waals surface area contributed by atoms with Crippen LogP contribution in [0.5, 0.6) is 5.75 Å². The number of carbonyl (C=O) groups excluding carboxylic acids is 3. The first-order chi connectivity index (χ1) is 17.5. The van der Waals surface area contributed by atoms with Gasteiger partial charge in [-0.2, -0.15) is 0 Å². The second kappa shape index (κ2) is 12.0. The van der Waals surface area contributed by atoms with E-state index in [9.17, 15) is 14.4 Å². The summed E-state index contributed by atoms with van der Waals surface area (Å²) in [5, 5.41) is 0. The number of para-hydroxylation sites is 1. The van der Waals surface area contributed by atoms with Gasteiger partial charge in [0.15, 0.2) is 6.61 Å². The van der Waals surface area contributed by atoms with Crippen molar-refractivity contribution in [1.29, 1.82) is 0 Å². The number of piperazine rings is 1. The van der Waals surface area contributed by atoms with Crippen LogP contribution < -0.4 is 9.64 Å². The van der Waals surface area contributed by atoms with E-state index in [-0.39, 0.29) is 30.7 Å². The lowest BCUT2D eigenvalue weighted by Crippen LogP contribution is -2.50. The van der Waals surface area contributed by atoms with Crippen LogP contribution in [-0.4, -0.2) is 60.3 Å². The van der Waals surface area contributed by atoms with Gasteiger partial charge in [0.1, 0.15) is 5.75 Å². The van der Waals surface area contributed by atoms with Gasteiger partial charge in [-0.25, -0.2) is 0 Å². The summed E-state index contributed by atoms with van der Waals surface area (Å²) in [6.45, 7) is 4.03. The summed E-state index contributed by atoms with van der Waals surface area (Å²) >= 11 is 0. The van der Waals surface area contributed by atoms with E-state index in [4.69, 9.17) is 4.74 Å². The Morgan fingerprint density at radius 3 is 2.06 bits per heavy atom. The lowest BCUT2D eigenvalue weighted by atomic mass is 10.1. The standard InChI is InChI=1S/C29H31N3O4/c1-23(33)30-15-17-31(18-16-30)28(34)20-25-11-8-12-26(19-25)32(21-24-9-4-2-5-10-24)29(35)22-36-27-13-6-3-7-14-27/h2-14,19H,15-18,20-22H2,1H3. The monoisotopic (exact) mass is 485 g/mol. The molecule has 0 aliphatic carbocycles. The van der Waals surface area contributed by atoms with E-state index in [1.165, 1.54) is 0 Å². The summed E-state index contributed by atoms with van der Waals surface area (Å²) in [5.74, 6) is 0.513. The molecule has 186 valence electrons. The zero-order valence-electron chi connectivity index (χ0n) is 20.5. The Hall–Kier alpha value is -4.13. The third-order valence-corrected chi connectivity index (χ3v) is 6.25. The largest absolute Gasteiger partial charge is 0.484 e. The maximum atomic E-state index is 13.3. The van der Waals surface area contributed by atoms with E-state index in [1.54, 1.807) is 21.6 Å². The van der Waals surface area contributed by atoms with Crippen molar-refractivity contribution in [3.63, 3.8) is 0 Å². The summed E-state index contributed by atoms with van der Waals surface area (Å²) in [5.41, 5.74) is 2.55. The Balaban J connectivity index is 1.47. The molecule has 0 atom stereocenters. The van der Waals surface area contributed by atoms with E-state index in [0.717, 1.165) is 11.1 Å².